The lowest BCUT2D eigenvalue weighted by Gasteiger charge is -2.06. The van der Waals surface area contributed by atoms with Gasteiger partial charge in [-0.15, -0.1) is 0 Å². The monoisotopic (exact) mass is 339 g/mol. The van der Waals surface area contributed by atoms with E-state index in [2.05, 4.69) is 15.3 Å². The minimum absolute atomic E-state index is 0.0521. The van der Waals surface area contributed by atoms with Crippen LogP contribution in [0.5, 0.6) is 5.88 Å². The molecule has 1 aromatic carbocycles. The van der Waals surface area contributed by atoms with Gasteiger partial charge in [0.15, 0.2) is 5.16 Å². The van der Waals surface area contributed by atoms with E-state index < -0.39 is 5.56 Å². The highest BCUT2D eigenvalue weighted by molar-refractivity contribution is 7.99. The van der Waals surface area contributed by atoms with Crippen molar-refractivity contribution in [2.75, 3.05) is 11.1 Å². The molecule has 1 amide bonds. The Kier molecular flexibility index (Phi) is 5.46. The lowest BCUT2D eigenvalue weighted by Crippen LogP contribution is -2.17. The fourth-order valence-electron chi connectivity index (χ4n) is 1.72. The van der Waals surface area contributed by atoms with Gasteiger partial charge in [-0.25, -0.2) is 0 Å². The molecule has 0 spiro atoms. The molecule has 0 aliphatic carbocycles. The number of rotatable bonds is 5. The number of H-pyrrole nitrogens is 1. The average Bonchev–Trinajstić information content (AvgIpc) is 2.47. The maximum Gasteiger partial charge on any atom is 0.258 e. The van der Waals surface area contributed by atoms with Gasteiger partial charge in [-0.1, -0.05) is 30.3 Å². The van der Waals surface area contributed by atoms with Gasteiger partial charge in [-0.2, -0.15) is 4.98 Å². The Morgan fingerprint density at radius 2 is 2.09 bits per heavy atom. The van der Waals surface area contributed by atoms with Crippen molar-refractivity contribution in [1.82, 2.24) is 9.97 Å². The summed E-state index contributed by atoms with van der Waals surface area (Å²) in [5.74, 6) is -0.503. The first-order valence-corrected chi connectivity index (χ1v) is 7.86. The minimum Gasteiger partial charge on any atom is -0.493 e. The lowest BCUT2D eigenvalue weighted by molar-refractivity contribution is -0.113. The first kappa shape index (κ1) is 16.4. The second-order valence-electron chi connectivity index (χ2n) is 4.37. The molecule has 0 radical (unpaired) electrons. The number of aromatic hydroxyl groups is 1. The van der Waals surface area contributed by atoms with Gasteiger partial charge in [-0.05, 0) is 30.7 Å². The molecule has 0 aliphatic heterocycles. The van der Waals surface area contributed by atoms with Gasteiger partial charge >= 0.3 is 0 Å². The Bertz CT molecular complexity index is 731. The van der Waals surface area contributed by atoms with E-state index in [0.717, 1.165) is 11.8 Å². The normalized spacial score (nSPS) is 10.5. The zero-order chi connectivity index (χ0) is 16.1. The van der Waals surface area contributed by atoms with E-state index >= 15 is 0 Å². The molecule has 1 aromatic heterocycles. The summed E-state index contributed by atoms with van der Waals surface area (Å²) in [7, 11) is 0. The molecule has 3 N–H and O–H groups in total. The predicted octanol–water partition coefficient (Wildman–Crippen LogP) is 2.42. The van der Waals surface area contributed by atoms with Crippen LogP contribution in [0.15, 0.2) is 34.2 Å². The number of aromatic nitrogens is 2. The Morgan fingerprint density at radius 1 is 1.41 bits per heavy atom. The Balaban J connectivity index is 1.96. The van der Waals surface area contributed by atoms with Crippen LogP contribution in [0.3, 0.4) is 0 Å². The summed E-state index contributed by atoms with van der Waals surface area (Å²) in [4.78, 5) is 29.9. The number of nitrogens with zero attached hydrogens (tertiary/aromatic N) is 1. The summed E-state index contributed by atoms with van der Waals surface area (Å²) in [5, 5.41) is 13.1. The fourth-order valence-corrected chi connectivity index (χ4v) is 2.50. The summed E-state index contributed by atoms with van der Waals surface area (Å²) >= 11 is 6.79. The standard InChI is InChI=1S/C14H14ClN3O3S/c1-2-10-12(20)17-14(18-13(10)21)22-7-11(19)16-9-5-3-8(15)4-6-9/h3-6H,2,7H2,1H3,(H,16,19)(H2,17,18,20,21). The third-order valence-electron chi connectivity index (χ3n) is 2.79. The van der Waals surface area contributed by atoms with Crippen LogP contribution < -0.4 is 10.9 Å². The smallest absolute Gasteiger partial charge is 0.258 e. The lowest BCUT2D eigenvalue weighted by atomic mass is 10.2. The molecular weight excluding hydrogens is 326 g/mol. The molecule has 0 bridgehead atoms. The summed E-state index contributed by atoms with van der Waals surface area (Å²) < 4.78 is 0. The molecule has 1 heterocycles. The van der Waals surface area contributed by atoms with E-state index in [9.17, 15) is 14.7 Å². The molecule has 0 unspecified atom stereocenters. The third-order valence-corrected chi connectivity index (χ3v) is 3.92. The summed E-state index contributed by atoms with van der Waals surface area (Å²) in [6, 6.07) is 6.72. The number of halogens is 1. The van der Waals surface area contributed by atoms with E-state index in [1.165, 1.54) is 0 Å². The van der Waals surface area contributed by atoms with Crippen LogP contribution in [-0.2, 0) is 11.2 Å². The van der Waals surface area contributed by atoms with E-state index in [1.54, 1.807) is 31.2 Å². The first-order valence-electron chi connectivity index (χ1n) is 6.50. The number of benzene rings is 1. The summed E-state index contributed by atoms with van der Waals surface area (Å²) in [6.45, 7) is 1.75. The van der Waals surface area contributed by atoms with Gasteiger partial charge in [0.25, 0.3) is 5.56 Å². The summed E-state index contributed by atoms with van der Waals surface area (Å²) in [6.07, 6.45) is 0.385. The molecule has 0 fully saturated rings. The topological polar surface area (TPSA) is 95.1 Å². The van der Waals surface area contributed by atoms with E-state index in [1.807, 2.05) is 0 Å². The number of hydrogen-bond acceptors (Lipinski definition) is 5. The van der Waals surface area contributed by atoms with Crippen molar-refractivity contribution in [3.05, 3.63) is 45.2 Å². The minimum atomic E-state index is -0.393. The van der Waals surface area contributed by atoms with Crippen LogP contribution in [0.4, 0.5) is 5.69 Å². The molecule has 6 nitrogen and oxygen atoms in total. The fraction of sp³-hybridized carbons (Fsp3) is 0.214. The van der Waals surface area contributed by atoms with Crippen LogP contribution in [0.1, 0.15) is 12.5 Å². The quantitative estimate of drug-likeness (QED) is 0.574. The number of thioether (sulfide) groups is 1. The van der Waals surface area contributed by atoms with E-state index in [-0.39, 0.29) is 28.3 Å². The number of aromatic amines is 1. The highest BCUT2D eigenvalue weighted by atomic mass is 35.5. The van der Waals surface area contributed by atoms with Gasteiger partial charge in [0, 0.05) is 10.7 Å². The second-order valence-corrected chi connectivity index (χ2v) is 5.77. The van der Waals surface area contributed by atoms with Crippen LogP contribution in [-0.4, -0.2) is 26.7 Å². The Labute approximate surface area is 135 Å². The molecule has 22 heavy (non-hydrogen) atoms. The molecule has 2 rings (SSSR count). The van der Waals surface area contributed by atoms with Crippen LogP contribution in [0, 0.1) is 0 Å². The second kappa shape index (κ2) is 7.33. The maximum absolute atomic E-state index is 11.8. The molecule has 0 saturated carbocycles. The van der Waals surface area contributed by atoms with Crippen LogP contribution in [0.2, 0.25) is 5.02 Å². The molecule has 2 aromatic rings. The van der Waals surface area contributed by atoms with Crippen molar-refractivity contribution in [1.29, 1.82) is 0 Å². The van der Waals surface area contributed by atoms with Gasteiger partial charge in [0.2, 0.25) is 11.8 Å². The van der Waals surface area contributed by atoms with Crippen molar-refractivity contribution >= 4 is 35.0 Å². The van der Waals surface area contributed by atoms with Crippen molar-refractivity contribution in [3.8, 4) is 5.88 Å². The van der Waals surface area contributed by atoms with Crippen molar-refractivity contribution < 1.29 is 9.90 Å². The van der Waals surface area contributed by atoms with Crippen molar-refractivity contribution in [2.45, 2.75) is 18.5 Å². The number of anilines is 1. The Morgan fingerprint density at radius 3 is 2.68 bits per heavy atom. The number of nitrogens with one attached hydrogen (secondary N) is 2. The number of hydrogen-bond donors (Lipinski definition) is 3. The largest absolute Gasteiger partial charge is 0.493 e. The third kappa shape index (κ3) is 4.25. The number of carbonyl (C=O) groups is 1. The average molecular weight is 340 g/mol. The van der Waals surface area contributed by atoms with Gasteiger partial charge in [0.05, 0.1) is 11.3 Å². The molecule has 116 valence electrons. The molecule has 0 atom stereocenters. The van der Waals surface area contributed by atoms with Crippen molar-refractivity contribution in [3.63, 3.8) is 0 Å². The SMILES string of the molecule is CCc1c(O)nc(SCC(=O)Nc2ccc(Cl)cc2)[nH]c1=O. The molecule has 0 saturated heterocycles. The zero-order valence-corrected chi connectivity index (χ0v) is 13.3. The first-order chi connectivity index (χ1) is 10.5. The zero-order valence-electron chi connectivity index (χ0n) is 11.7. The summed E-state index contributed by atoms with van der Waals surface area (Å²) in [5.41, 5.74) is 0.464. The van der Waals surface area contributed by atoms with Gasteiger partial charge in [-0.3, -0.25) is 9.59 Å². The molecule has 0 aliphatic rings. The maximum atomic E-state index is 11.8. The Hall–Kier alpha value is -1.99. The van der Waals surface area contributed by atoms with Gasteiger partial charge < -0.3 is 15.4 Å². The molecule has 8 heteroatoms. The highest BCUT2D eigenvalue weighted by Gasteiger charge is 2.11. The number of amides is 1. The van der Waals surface area contributed by atoms with Crippen LogP contribution in [0.25, 0.3) is 0 Å². The van der Waals surface area contributed by atoms with Crippen LogP contribution >= 0.6 is 23.4 Å². The predicted molar refractivity (Wildman–Crippen MR) is 86.7 cm³/mol. The van der Waals surface area contributed by atoms with E-state index in [0.29, 0.717) is 17.1 Å². The highest BCUT2D eigenvalue weighted by Crippen LogP contribution is 2.18. The molecular formula is C14H14ClN3O3S. The van der Waals surface area contributed by atoms with E-state index in [4.69, 9.17) is 11.6 Å². The number of carbonyl (C=O) groups excluding carboxylic acids is 1. The van der Waals surface area contributed by atoms with Gasteiger partial charge in [0.1, 0.15) is 0 Å². The van der Waals surface area contributed by atoms with Crippen molar-refractivity contribution in [2.24, 2.45) is 0 Å².